The summed E-state index contributed by atoms with van der Waals surface area (Å²) in [6, 6.07) is 2.95. The van der Waals surface area contributed by atoms with E-state index >= 15 is 0 Å². The number of sulfonamides is 1. The predicted molar refractivity (Wildman–Crippen MR) is 121 cm³/mol. The fourth-order valence-corrected chi connectivity index (χ4v) is 7.13. The molecule has 0 N–H and O–H groups in total. The number of aromatic nitrogens is 4. The minimum Gasteiger partial charge on any atom is -0.493 e. The third-order valence-corrected chi connectivity index (χ3v) is 8.40. The molecule has 2 aliphatic heterocycles. The van der Waals surface area contributed by atoms with E-state index in [9.17, 15) is 12.8 Å². The van der Waals surface area contributed by atoms with Crippen LogP contribution >= 0.6 is 0 Å². The Morgan fingerprint density at radius 1 is 1.18 bits per heavy atom. The molecular formula is C23H28FN5O3S. The Kier molecular flexibility index (Phi) is 5.60. The molecule has 176 valence electrons. The second kappa shape index (κ2) is 8.32. The van der Waals surface area contributed by atoms with Gasteiger partial charge < -0.3 is 4.74 Å². The molecule has 1 aromatic carbocycles. The zero-order valence-corrected chi connectivity index (χ0v) is 19.8. The van der Waals surface area contributed by atoms with Crippen molar-refractivity contribution in [2.24, 2.45) is 0 Å². The molecule has 0 radical (unpaired) electrons. The first-order chi connectivity index (χ1) is 15.7. The van der Waals surface area contributed by atoms with Crippen molar-refractivity contribution in [1.29, 1.82) is 0 Å². The van der Waals surface area contributed by atoms with E-state index in [0.717, 1.165) is 34.8 Å². The summed E-state index contributed by atoms with van der Waals surface area (Å²) < 4.78 is 48.0. The monoisotopic (exact) mass is 473 g/mol. The normalized spacial score (nSPS) is 23.6. The fraction of sp³-hybridized carbons (Fsp3) is 0.522. The largest absolute Gasteiger partial charge is 0.493 e. The maximum Gasteiger partial charge on any atom is 0.211 e. The highest BCUT2D eigenvalue weighted by molar-refractivity contribution is 7.88. The van der Waals surface area contributed by atoms with Gasteiger partial charge in [0.2, 0.25) is 10.0 Å². The number of fused-ring (bicyclic) bond motifs is 2. The number of rotatable bonds is 5. The number of hydrogen-bond donors (Lipinski definition) is 0. The van der Waals surface area contributed by atoms with Crippen LogP contribution < -0.4 is 4.74 Å². The summed E-state index contributed by atoms with van der Waals surface area (Å²) in [4.78, 5) is 4.71. The van der Waals surface area contributed by atoms with E-state index in [-0.39, 0.29) is 23.8 Å². The standard InChI is InChI=1S/C23H28FN5O3S/c1-14-10-16(11-15(2)29(14)33(3,30)31)19-12-25-22(28-13-26-27-23(19)28)7-4-17-18-8-9-32-21(18)6-5-20(17)24/h5-6,12-16H,4,7-11H2,1-3H3. The smallest absolute Gasteiger partial charge is 0.211 e. The van der Waals surface area contributed by atoms with Gasteiger partial charge in [-0.25, -0.2) is 17.8 Å². The van der Waals surface area contributed by atoms with Gasteiger partial charge >= 0.3 is 0 Å². The van der Waals surface area contributed by atoms with Gasteiger partial charge in [-0.2, -0.15) is 4.31 Å². The molecule has 0 spiro atoms. The van der Waals surface area contributed by atoms with Gasteiger partial charge in [-0.05, 0) is 56.7 Å². The summed E-state index contributed by atoms with van der Waals surface area (Å²) in [6.45, 7) is 4.48. The number of nitrogens with zero attached hydrogens (tertiary/aromatic N) is 5. The fourth-order valence-electron chi connectivity index (χ4n) is 5.65. The Bertz CT molecular complexity index is 1300. The molecule has 5 rings (SSSR count). The molecule has 2 aliphatic rings. The third kappa shape index (κ3) is 3.99. The van der Waals surface area contributed by atoms with E-state index in [4.69, 9.17) is 9.72 Å². The molecular weight excluding hydrogens is 445 g/mol. The van der Waals surface area contributed by atoms with Gasteiger partial charge in [0.1, 0.15) is 23.7 Å². The summed E-state index contributed by atoms with van der Waals surface area (Å²) in [5.74, 6) is 1.46. The second-order valence-electron chi connectivity index (χ2n) is 9.21. The summed E-state index contributed by atoms with van der Waals surface area (Å²) in [6.07, 6.45) is 7.93. The summed E-state index contributed by atoms with van der Waals surface area (Å²) in [5, 5.41) is 8.46. The lowest BCUT2D eigenvalue weighted by atomic mass is 9.84. The zero-order chi connectivity index (χ0) is 23.3. The molecule has 2 aromatic heterocycles. The van der Waals surface area contributed by atoms with Crippen LogP contribution in [-0.4, -0.2) is 57.3 Å². The van der Waals surface area contributed by atoms with Crippen LogP contribution in [0.5, 0.6) is 5.75 Å². The van der Waals surface area contributed by atoms with Gasteiger partial charge in [-0.3, -0.25) is 4.40 Å². The number of piperidine rings is 1. The number of benzene rings is 1. The van der Waals surface area contributed by atoms with E-state index in [0.29, 0.717) is 37.9 Å². The van der Waals surface area contributed by atoms with Gasteiger partial charge in [0.25, 0.3) is 0 Å². The van der Waals surface area contributed by atoms with Crippen molar-refractivity contribution in [3.63, 3.8) is 0 Å². The Hall–Kier alpha value is -2.59. The van der Waals surface area contributed by atoms with Crippen LogP contribution in [0.1, 0.15) is 55.1 Å². The van der Waals surface area contributed by atoms with Crippen molar-refractivity contribution in [3.8, 4) is 5.75 Å². The van der Waals surface area contributed by atoms with Crippen molar-refractivity contribution in [1.82, 2.24) is 23.9 Å². The quantitative estimate of drug-likeness (QED) is 0.566. The van der Waals surface area contributed by atoms with Gasteiger partial charge in [0.15, 0.2) is 5.65 Å². The Labute approximate surface area is 192 Å². The average Bonchev–Trinajstić information content (AvgIpc) is 3.41. The van der Waals surface area contributed by atoms with Crippen molar-refractivity contribution >= 4 is 15.7 Å². The number of aryl methyl sites for hydroxylation is 1. The molecule has 1 saturated heterocycles. The molecule has 0 amide bonds. The minimum atomic E-state index is -3.26. The van der Waals surface area contributed by atoms with E-state index in [1.54, 1.807) is 16.7 Å². The molecule has 10 heteroatoms. The van der Waals surface area contributed by atoms with Gasteiger partial charge in [0, 0.05) is 42.2 Å². The van der Waals surface area contributed by atoms with Crippen LogP contribution in [0.15, 0.2) is 24.7 Å². The highest BCUT2D eigenvalue weighted by Gasteiger charge is 2.37. The van der Waals surface area contributed by atoms with Crippen molar-refractivity contribution in [2.45, 2.75) is 64.0 Å². The Balaban J connectivity index is 1.41. The van der Waals surface area contributed by atoms with E-state index in [2.05, 4.69) is 10.2 Å². The van der Waals surface area contributed by atoms with Crippen molar-refractivity contribution in [3.05, 3.63) is 53.0 Å². The van der Waals surface area contributed by atoms with E-state index < -0.39 is 10.0 Å². The van der Waals surface area contributed by atoms with Crippen LogP contribution in [0.3, 0.4) is 0 Å². The van der Waals surface area contributed by atoms with Gasteiger partial charge in [-0.15, -0.1) is 10.2 Å². The molecule has 0 bridgehead atoms. The van der Waals surface area contributed by atoms with Crippen LogP contribution in [0, 0.1) is 5.82 Å². The summed E-state index contributed by atoms with van der Waals surface area (Å²) in [7, 11) is -3.26. The van der Waals surface area contributed by atoms with Crippen LogP contribution in [0.25, 0.3) is 5.65 Å². The Morgan fingerprint density at radius 2 is 1.94 bits per heavy atom. The molecule has 8 nitrogen and oxygen atoms in total. The lowest BCUT2D eigenvalue weighted by Crippen LogP contribution is -2.48. The lowest BCUT2D eigenvalue weighted by Gasteiger charge is -2.40. The van der Waals surface area contributed by atoms with Gasteiger partial charge in [-0.1, -0.05) is 0 Å². The van der Waals surface area contributed by atoms with Crippen LogP contribution in [0.2, 0.25) is 0 Å². The molecule has 0 saturated carbocycles. The summed E-state index contributed by atoms with van der Waals surface area (Å²) in [5.41, 5.74) is 3.35. The molecule has 0 aliphatic carbocycles. The molecule has 33 heavy (non-hydrogen) atoms. The Morgan fingerprint density at radius 3 is 2.67 bits per heavy atom. The van der Waals surface area contributed by atoms with Crippen LogP contribution in [-0.2, 0) is 29.3 Å². The zero-order valence-electron chi connectivity index (χ0n) is 19.0. The minimum absolute atomic E-state index is 0.109. The number of halogens is 1. The lowest BCUT2D eigenvalue weighted by molar-refractivity contribution is 0.186. The first-order valence-electron chi connectivity index (χ1n) is 11.3. The molecule has 1 fully saturated rings. The maximum absolute atomic E-state index is 14.5. The molecule has 2 unspecified atom stereocenters. The SMILES string of the molecule is CC1CC(c2cnc(CCc3c(F)ccc4c3CCO4)n3cnnc23)CC(C)N1S(C)(=O)=O. The topological polar surface area (TPSA) is 89.7 Å². The molecule has 2 atom stereocenters. The highest BCUT2D eigenvalue weighted by atomic mass is 32.2. The van der Waals surface area contributed by atoms with Crippen LogP contribution in [0.4, 0.5) is 4.39 Å². The molecule has 3 aromatic rings. The first-order valence-corrected chi connectivity index (χ1v) is 13.2. The number of hydrogen-bond acceptors (Lipinski definition) is 6. The number of ether oxygens (including phenoxy) is 1. The van der Waals surface area contributed by atoms with E-state index in [1.165, 1.54) is 12.3 Å². The van der Waals surface area contributed by atoms with E-state index in [1.807, 2.05) is 24.4 Å². The molecule has 4 heterocycles. The first kappa shape index (κ1) is 22.2. The average molecular weight is 474 g/mol. The third-order valence-electron chi connectivity index (χ3n) is 6.92. The predicted octanol–water partition coefficient (Wildman–Crippen LogP) is 2.90. The summed E-state index contributed by atoms with van der Waals surface area (Å²) >= 11 is 0. The highest BCUT2D eigenvalue weighted by Crippen LogP contribution is 2.37. The van der Waals surface area contributed by atoms with Crippen molar-refractivity contribution in [2.75, 3.05) is 12.9 Å². The maximum atomic E-state index is 14.5. The second-order valence-corrected chi connectivity index (χ2v) is 11.1. The van der Waals surface area contributed by atoms with Crippen molar-refractivity contribution < 1.29 is 17.5 Å². The van der Waals surface area contributed by atoms with Gasteiger partial charge in [0.05, 0.1) is 12.9 Å².